The minimum Gasteiger partial charge on any atom is -0.548 e. The molecular weight excluding hydrogens is 270 g/mol. The highest BCUT2D eigenvalue weighted by molar-refractivity contribution is 7.99. The van der Waals surface area contributed by atoms with Crippen LogP contribution in [-0.4, -0.2) is 47.7 Å². The average molecular weight is 295 g/mol. The number of aliphatic carboxylic acids is 1. The van der Waals surface area contributed by atoms with E-state index >= 15 is 0 Å². The Bertz CT molecular complexity index is 263. The number of Topliss-reactive ketones (excluding diaryl/α,β-unsaturated/α-hetero) is 1. The van der Waals surface area contributed by atoms with E-state index in [1.54, 1.807) is 6.92 Å². The van der Waals surface area contributed by atoms with Gasteiger partial charge in [0.25, 0.3) is 0 Å². The minimum absolute atomic E-state index is 0. The first kappa shape index (κ1) is 20.7. The fourth-order valence-electron chi connectivity index (χ4n) is 1.47. The lowest BCUT2D eigenvalue weighted by molar-refractivity contribution is -0.309. The van der Waals surface area contributed by atoms with Crippen LogP contribution in [0.2, 0.25) is 0 Å². The van der Waals surface area contributed by atoms with Crippen LogP contribution < -0.4 is 11.3 Å². The Kier molecular flexibility index (Phi) is 13.5. The fourth-order valence-corrected chi connectivity index (χ4v) is 2.45. The highest BCUT2D eigenvalue weighted by Crippen LogP contribution is 2.14. The summed E-state index contributed by atoms with van der Waals surface area (Å²) in [5.41, 5.74) is 0. The van der Waals surface area contributed by atoms with Crippen LogP contribution >= 0.6 is 11.8 Å². The third-order valence-electron chi connectivity index (χ3n) is 2.52. The third-order valence-corrected chi connectivity index (χ3v) is 3.66. The van der Waals surface area contributed by atoms with E-state index in [-0.39, 0.29) is 24.5 Å². The zero-order valence-electron chi connectivity index (χ0n) is 11.9. The molecule has 0 saturated carbocycles. The van der Waals surface area contributed by atoms with Crippen LogP contribution in [0.25, 0.3) is 0 Å². The zero-order chi connectivity index (χ0) is 14.0. The summed E-state index contributed by atoms with van der Waals surface area (Å²) < 4.78 is 4.71. The molecule has 0 aliphatic carbocycles. The number of aliphatic hydroxyl groups excluding tert-OH is 1. The molecule has 5 N–H and O–H groups in total. The number of aliphatic hydroxyl groups is 1. The van der Waals surface area contributed by atoms with Crippen LogP contribution in [0, 0.1) is 5.92 Å². The number of quaternary nitrogens is 1. The van der Waals surface area contributed by atoms with Crippen LogP contribution in [0.5, 0.6) is 0 Å². The maximum absolute atomic E-state index is 11.2. The lowest BCUT2D eigenvalue weighted by Gasteiger charge is -2.13. The Balaban J connectivity index is 0. The summed E-state index contributed by atoms with van der Waals surface area (Å²) in [5, 5.41) is 19.5. The molecule has 0 spiro atoms. The molecule has 0 aromatic carbocycles. The fraction of sp³-hybridized carbons (Fsp3) is 0.833. The second kappa shape index (κ2) is 12.4. The number of carboxylic acids is 1. The summed E-state index contributed by atoms with van der Waals surface area (Å²) in [6.45, 7) is 3.08. The number of ether oxygens (including phenoxy) is 1. The number of carbonyl (C=O) groups is 2. The van der Waals surface area contributed by atoms with Crippen molar-refractivity contribution in [1.82, 2.24) is 6.15 Å². The molecule has 19 heavy (non-hydrogen) atoms. The van der Waals surface area contributed by atoms with E-state index in [1.165, 1.54) is 11.8 Å². The molecule has 0 amide bonds. The molecular formula is C12H25NO5S. The smallest absolute Gasteiger partial charge is 0.132 e. The molecule has 114 valence electrons. The molecule has 0 aromatic heterocycles. The van der Waals surface area contributed by atoms with Crippen LogP contribution in [0.15, 0.2) is 0 Å². The van der Waals surface area contributed by atoms with Gasteiger partial charge in [0.15, 0.2) is 0 Å². The lowest BCUT2D eigenvalue weighted by Crippen LogP contribution is -2.30. The number of carbonyl (C=O) groups excluding carboxylic acids is 2. The summed E-state index contributed by atoms with van der Waals surface area (Å²) in [6.07, 6.45) is 0.961. The maximum atomic E-state index is 11.2. The predicted molar refractivity (Wildman–Crippen MR) is 74.2 cm³/mol. The van der Waals surface area contributed by atoms with Crippen molar-refractivity contribution in [2.45, 2.75) is 32.8 Å². The molecule has 0 bridgehead atoms. The van der Waals surface area contributed by atoms with E-state index in [2.05, 4.69) is 0 Å². The van der Waals surface area contributed by atoms with Crippen molar-refractivity contribution in [3.8, 4) is 0 Å². The second-order valence-electron chi connectivity index (χ2n) is 4.12. The van der Waals surface area contributed by atoms with Gasteiger partial charge in [0.2, 0.25) is 0 Å². The standard InChI is InChI=1S/C12H22O5S.H3N/c1-3-10(9(2)13)4-5-18-8-11(14)6-17-7-12(15)16;/h10-11,14H,3-8H2,1-2H3,(H,15,16);1H3/t10-,11?;/m0./s1. The zero-order valence-corrected chi connectivity index (χ0v) is 12.7. The Morgan fingerprint density at radius 2 is 2.05 bits per heavy atom. The van der Waals surface area contributed by atoms with Gasteiger partial charge in [0.1, 0.15) is 5.78 Å². The molecule has 0 aromatic rings. The molecule has 6 nitrogen and oxygen atoms in total. The number of hydrogen-bond acceptors (Lipinski definition) is 6. The van der Waals surface area contributed by atoms with Gasteiger partial charge in [-0.2, -0.15) is 11.8 Å². The average Bonchev–Trinajstić information content (AvgIpc) is 2.28. The van der Waals surface area contributed by atoms with Crippen LogP contribution in [0.4, 0.5) is 0 Å². The molecule has 0 aliphatic heterocycles. The first-order chi connectivity index (χ1) is 8.47. The van der Waals surface area contributed by atoms with Crippen molar-refractivity contribution in [3.63, 3.8) is 0 Å². The van der Waals surface area contributed by atoms with Gasteiger partial charge in [0.05, 0.1) is 25.3 Å². The molecule has 0 fully saturated rings. The van der Waals surface area contributed by atoms with E-state index in [0.29, 0.717) is 5.75 Å². The Labute approximate surface area is 118 Å². The molecule has 0 heterocycles. The number of rotatable bonds is 11. The van der Waals surface area contributed by atoms with E-state index in [4.69, 9.17) is 4.74 Å². The van der Waals surface area contributed by atoms with E-state index in [1.807, 2.05) is 6.92 Å². The lowest BCUT2D eigenvalue weighted by atomic mass is 10.00. The van der Waals surface area contributed by atoms with Crippen molar-refractivity contribution in [3.05, 3.63) is 0 Å². The SMILES string of the molecule is CC[C@@H](CCSCC(O)COCC(=O)[O-])C(C)=O.[NH4+]. The van der Waals surface area contributed by atoms with E-state index in [9.17, 15) is 19.8 Å². The number of ketones is 1. The van der Waals surface area contributed by atoms with Gasteiger partial charge in [0, 0.05) is 11.7 Å². The van der Waals surface area contributed by atoms with E-state index in [0.717, 1.165) is 18.6 Å². The Hall–Kier alpha value is -0.630. The maximum Gasteiger partial charge on any atom is 0.132 e. The van der Waals surface area contributed by atoms with Gasteiger partial charge in [-0.3, -0.25) is 4.79 Å². The van der Waals surface area contributed by atoms with Crippen molar-refractivity contribution in [1.29, 1.82) is 0 Å². The van der Waals surface area contributed by atoms with Gasteiger partial charge < -0.3 is 25.9 Å². The van der Waals surface area contributed by atoms with Crippen LogP contribution in [0.1, 0.15) is 26.7 Å². The quantitative estimate of drug-likeness (QED) is 0.526. The van der Waals surface area contributed by atoms with Crippen molar-refractivity contribution in [2.75, 3.05) is 24.7 Å². The molecule has 0 radical (unpaired) electrons. The highest BCUT2D eigenvalue weighted by Gasteiger charge is 2.11. The number of thioether (sulfide) groups is 1. The van der Waals surface area contributed by atoms with Gasteiger partial charge >= 0.3 is 0 Å². The van der Waals surface area contributed by atoms with Gasteiger partial charge in [-0.25, -0.2) is 0 Å². The van der Waals surface area contributed by atoms with Gasteiger partial charge in [-0.15, -0.1) is 0 Å². The van der Waals surface area contributed by atoms with Gasteiger partial charge in [-0.05, 0) is 25.5 Å². The molecule has 7 heteroatoms. The normalized spacial score (nSPS) is 13.4. The van der Waals surface area contributed by atoms with Gasteiger partial charge in [-0.1, -0.05) is 6.92 Å². The molecule has 0 rings (SSSR count). The van der Waals surface area contributed by atoms with E-state index < -0.39 is 18.7 Å². The highest BCUT2D eigenvalue weighted by atomic mass is 32.2. The monoisotopic (exact) mass is 295 g/mol. The van der Waals surface area contributed by atoms with Crippen molar-refractivity contribution < 1.29 is 24.5 Å². The Morgan fingerprint density at radius 1 is 1.42 bits per heavy atom. The molecule has 0 aliphatic rings. The molecule has 1 unspecified atom stereocenters. The molecule has 2 atom stereocenters. The molecule has 0 saturated heterocycles. The summed E-state index contributed by atoms with van der Waals surface area (Å²) in [7, 11) is 0. The largest absolute Gasteiger partial charge is 0.548 e. The summed E-state index contributed by atoms with van der Waals surface area (Å²) in [4.78, 5) is 21.2. The Morgan fingerprint density at radius 3 is 2.53 bits per heavy atom. The minimum atomic E-state index is -1.29. The number of hydrogen-bond donors (Lipinski definition) is 2. The van der Waals surface area contributed by atoms with Crippen LogP contribution in [-0.2, 0) is 14.3 Å². The first-order valence-electron chi connectivity index (χ1n) is 6.01. The number of carboxylic acid groups (broad SMARTS) is 1. The topological polar surface area (TPSA) is 123 Å². The predicted octanol–water partition coefficient (Wildman–Crippen LogP) is 0.229. The van der Waals surface area contributed by atoms with Crippen LogP contribution in [0.3, 0.4) is 0 Å². The third kappa shape index (κ3) is 12.2. The second-order valence-corrected chi connectivity index (χ2v) is 5.27. The first-order valence-corrected chi connectivity index (χ1v) is 7.16. The van der Waals surface area contributed by atoms with Crippen molar-refractivity contribution >= 4 is 23.5 Å². The summed E-state index contributed by atoms with van der Waals surface area (Å²) in [5.74, 6) is 0.291. The van der Waals surface area contributed by atoms with Crippen molar-refractivity contribution in [2.24, 2.45) is 5.92 Å². The summed E-state index contributed by atoms with van der Waals surface area (Å²) >= 11 is 1.54. The summed E-state index contributed by atoms with van der Waals surface area (Å²) in [6, 6.07) is 0.